The maximum absolute atomic E-state index is 14.5. The third-order valence-corrected chi connectivity index (χ3v) is 5.78. The van der Waals surface area contributed by atoms with E-state index < -0.39 is 34.9 Å². The van der Waals surface area contributed by atoms with E-state index in [1.165, 1.54) is 0 Å². The van der Waals surface area contributed by atoms with Gasteiger partial charge in [-0.05, 0) is 49.1 Å². The van der Waals surface area contributed by atoms with E-state index in [-0.39, 0.29) is 17.7 Å². The Bertz CT molecular complexity index is 1000. The number of hydrogen-bond acceptors (Lipinski definition) is 2. The Morgan fingerprint density at radius 3 is 2.37 bits per heavy atom. The zero-order chi connectivity index (χ0) is 22.3. The average molecular weight is 461 g/mol. The van der Waals surface area contributed by atoms with E-state index in [0.717, 1.165) is 12.1 Å². The van der Waals surface area contributed by atoms with Crippen LogP contribution in [0.15, 0.2) is 48.7 Å². The average Bonchev–Trinajstić information content (AvgIpc) is 3.44. The molecule has 0 heterocycles. The number of benzene rings is 2. The number of amides is 1. The summed E-state index contributed by atoms with van der Waals surface area (Å²) in [5, 5.41) is 3.57. The molecule has 3 rings (SSSR count). The number of carbonyl (C=O) groups is 1. The van der Waals surface area contributed by atoms with Crippen molar-refractivity contribution in [3.63, 3.8) is 0 Å². The molecule has 0 radical (unpaired) electrons. The fourth-order valence-corrected chi connectivity index (χ4v) is 3.79. The summed E-state index contributed by atoms with van der Waals surface area (Å²) in [6, 6.07) is 6.39. The van der Waals surface area contributed by atoms with E-state index in [9.17, 15) is 22.4 Å². The number of hydrogen-bond donors (Lipinski definition) is 2. The summed E-state index contributed by atoms with van der Waals surface area (Å²) < 4.78 is 52.9. The van der Waals surface area contributed by atoms with Crippen LogP contribution in [0.25, 0.3) is 0 Å². The van der Waals surface area contributed by atoms with Crippen molar-refractivity contribution in [3.05, 3.63) is 81.2 Å². The lowest BCUT2D eigenvalue weighted by atomic mass is 9.92. The van der Waals surface area contributed by atoms with Gasteiger partial charge in [-0.3, -0.25) is 4.79 Å². The standard InChI is InChI=1S/C21H18Cl2F4N2O/c1-11(28)18(8-12-2-4-14(22)10-16(12)23)29-19(30)20(6-7-20)15-5-3-13(9-17(15)24)21(25,26)27/h2-5,9-10,18H,1,6-8,28H2,(H,29,30)/t18-/m0/s1. The fraction of sp³-hybridized carbons (Fsp3) is 0.286. The van der Waals surface area contributed by atoms with Gasteiger partial charge in [0.05, 0.1) is 17.0 Å². The highest BCUT2D eigenvalue weighted by atomic mass is 35.5. The third-order valence-electron chi connectivity index (χ3n) is 5.19. The molecule has 1 saturated carbocycles. The third kappa shape index (κ3) is 4.57. The Hall–Kier alpha value is -2.25. The molecule has 160 valence electrons. The molecule has 2 aromatic rings. The van der Waals surface area contributed by atoms with E-state index >= 15 is 0 Å². The summed E-state index contributed by atoms with van der Waals surface area (Å²) >= 11 is 12.1. The molecule has 3 nitrogen and oxygen atoms in total. The van der Waals surface area contributed by atoms with Crippen LogP contribution in [0.4, 0.5) is 17.6 Å². The number of nitrogens with one attached hydrogen (secondary N) is 1. The van der Waals surface area contributed by atoms with Gasteiger partial charge < -0.3 is 11.1 Å². The highest BCUT2D eigenvalue weighted by molar-refractivity contribution is 6.35. The van der Waals surface area contributed by atoms with Crippen molar-refractivity contribution >= 4 is 29.1 Å². The predicted octanol–water partition coefficient (Wildman–Crippen LogP) is 5.38. The van der Waals surface area contributed by atoms with Crippen molar-refractivity contribution < 1.29 is 22.4 Å². The van der Waals surface area contributed by atoms with Crippen LogP contribution in [0.1, 0.15) is 29.5 Å². The summed E-state index contributed by atoms with van der Waals surface area (Å²) in [6.45, 7) is 3.68. The van der Waals surface area contributed by atoms with Crippen LogP contribution in [0.3, 0.4) is 0 Å². The van der Waals surface area contributed by atoms with Crippen LogP contribution < -0.4 is 11.1 Å². The first kappa shape index (κ1) is 22.4. The van der Waals surface area contributed by atoms with E-state index in [0.29, 0.717) is 34.5 Å². The SMILES string of the molecule is C=C(N)[C@H](Cc1ccc(Cl)cc1Cl)NC(=O)C1(c2ccc(C(F)(F)F)cc2F)CC1. The van der Waals surface area contributed by atoms with Gasteiger partial charge in [-0.25, -0.2) is 4.39 Å². The van der Waals surface area contributed by atoms with Crippen molar-refractivity contribution in [1.82, 2.24) is 5.32 Å². The van der Waals surface area contributed by atoms with Crippen LogP contribution in [0.5, 0.6) is 0 Å². The van der Waals surface area contributed by atoms with Gasteiger partial charge in [-0.2, -0.15) is 13.2 Å². The highest BCUT2D eigenvalue weighted by Crippen LogP contribution is 2.50. The van der Waals surface area contributed by atoms with Crippen LogP contribution in [-0.4, -0.2) is 11.9 Å². The van der Waals surface area contributed by atoms with E-state index in [2.05, 4.69) is 11.9 Å². The molecular weight excluding hydrogens is 443 g/mol. The summed E-state index contributed by atoms with van der Waals surface area (Å²) in [7, 11) is 0. The zero-order valence-corrected chi connectivity index (χ0v) is 17.1. The molecule has 1 fully saturated rings. The van der Waals surface area contributed by atoms with Crippen molar-refractivity contribution in [3.8, 4) is 0 Å². The molecule has 0 bridgehead atoms. The molecule has 1 aliphatic carbocycles. The van der Waals surface area contributed by atoms with Crippen molar-refractivity contribution in [2.45, 2.75) is 36.9 Å². The predicted molar refractivity (Wildman–Crippen MR) is 108 cm³/mol. The second-order valence-electron chi connectivity index (χ2n) is 7.32. The molecule has 0 saturated heterocycles. The molecule has 1 atom stereocenters. The van der Waals surface area contributed by atoms with Crippen molar-refractivity contribution in [2.24, 2.45) is 5.73 Å². The molecule has 9 heteroatoms. The minimum Gasteiger partial charge on any atom is -0.401 e. The molecule has 0 spiro atoms. The topological polar surface area (TPSA) is 55.1 Å². The molecule has 0 aliphatic heterocycles. The first-order valence-corrected chi connectivity index (χ1v) is 9.76. The van der Waals surface area contributed by atoms with Gasteiger partial charge >= 0.3 is 6.18 Å². The molecule has 3 N–H and O–H groups in total. The monoisotopic (exact) mass is 460 g/mol. The Morgan fingerprint density at radius 1 is 1.20 bits per heavy atom. The summed E-state index contributed by atoms with van der Waals surface area (Å²) in [5.41, 5.74) is 4.26. The number of carbonyl (C=O) groups excluding carboxylic acids is 1. The van der Waals surface area contributed by atoms with Crippen LogP contribution in [-0.2, 0) is 22.8 Å². The summed E-state index contributed by atoms with van der Waals surface area (Å²) in [5.74, 6) is -1.59. The first-order chi connectivity index (χ1) is 13.9. The fourth-order valence-electron chi connectivity index (χ4n) is 3.30. The normalized spacial score (nSPS) is 16.1. The maximum Gasteiger partial charge on any atom is 0.416 e. The quantitative estimate of drug-likeness (QED) is 0.568. The van der Waals surface area contributed by atoms with Crippen LogP contribution >= 0.6 is 23.2 Å². The maximum atomic E-state index is 14.5. The smallest absolute Gasteiger partial charge is 0.401 e. The van der Waals surface area contributed by atoms with Gasteiger partial charge in [-0.1, -0.05) is 41.9 Å². The van der Waals surface area contributed by atoms with Crippen LogP contribution in [0, 0.1) is 5.82 Å². The molecular formula is C21H18Cl2F4N2O. The van der Waals surface area contributed by atoms with Gasteiger partial charge in [0.2, 0.25) is 5.91 Å². The lowest BCUT2D eigenvalue weighted by molar-refractivity contribution is -0.137. The molecule has 1 amide bonds. The van der Waals surface area contributed by atoms with Gasteiger partial charge in [0.25, 0.3) is 0 Å². The van der Waals surface area contributed by atoms with Crippen molar-refractivity contribution in [1.29, 1.82) is 0 Å². The Labute approximate surface area is 180 Å². The number of rotatable bonds is 6. The Balaban J connectivity index is 1.82. The minimum atomic E-state index is -4.67. The molecule has 0 aromatic heterocycles. The Morgan fingerprint density at radius 2 is 1.87 bits per heavy atom. The second kappa shape index (κ2) is 8.12. The van der Waals surface area contributed by atoms with Crippen molar-refractivity contribution in [2.75, 3.05) is 0 Å². The number of halogens is 6. The van der Waals surface area contributed by atoms with Gasteiger partial charge in [0, 0.05) is 21.3 Å². The Kier molecular flexibility index (Phi) is 6.07. The number of alkyl halides is 3. The first-order valence-electron chi connectivity index (χ1n) is 9.00. The lowest BCUT2D eigenvalue weighted by Crippen LogP contribution is -2.45. The largest absolute Gasteiger partial charge is 0.416 e. The summed E-state index contributed by atoms with van der Waals surface area (Å²) in [6.07, 6.45) is -3.82. The van der Waals surface area contributed by atoms with Gasteiger partial charge in [0.1, 0.15) is 5.82 Å². The van der Waals surface area contributed by atoms with E-state index in [1.807, 2.05) is 0 Å². The van der Waals surface area contributed by atoms with E-state index in [1.54, 1.807) is 18.2 Å². The van der Waals surface area contributed by atoms with Gasteiger partial charge in [0.15, 0.2) is 0 Å². The molecule has 30 heavy (non-hydrogen) atoms. The molecule has 0 unspecified atom stereocenters. The minimum absolute atomic E-state index is 0.0705. The van der Waals surface area contributed by atoms with E-state index in [4.69, 9.17) is 28.9 Å². The molecule has 2 aromatic carbocycles. The lowest BCUT2D eigenvalue weighted by Gasteiger charge is -2.24. The highest BCUT2D eigenvalue weighted by Gasteiger charge is 2.53. The van der Waals surface area contributed by atoms with Gasteiger partial charge in [-0.15, -0.1) is 0 Å². The zero-order valence-electron chi connectivity index (χ0n) is 15.6. The molecule has 1 aliphatic rings. The number of nitrogens with two attached hydrogens (primary N) is 1. The second-order valence-corrected chi connectivity index (χ2v) is 8.16. The summed E-state index contributed by atoms with van der Waals surface area (Å²) in [4.78, 5) is 13.0. The van der Waals surface area contributed by atoms with Crippen LogP contribution in [0.2, 0.25) is 10.0 Å².